The predicted octanol–water partition coefficient (Wildman–Crippen LogP) is 4.33. The maximum absolute atomic E-state index is 10.6. The van der Waals surface area contributed by atoms with Crippen LogP contribution in [-0.4, -0.2) is 69.2 Å². The molecule has 3 atom stereocenters. The minimum absolute atomic E-state index is 0.216. The number of rotatable bonds is 8. The van der Waals surface area contributed by atoms with Gasteiger partial charge in [-0.3, -0.25) is 4.98 Å². The molecular formula is C26H36N6O3S. The summed E-state index contributed by atoms with van der Waals surface area (Å²) in [6.07, 6.45) is 5.50. The molecule has 194 valence electrons. The quantitative estimate of drug-likeness (QED) is 0.406. The van der Waals surface area contributed by atoms with Gasteiger partial charge < -0.3 is 25.2 Å². The lowest BCUT2D eigenvalue weighted by atomic mass is 9.89. The lowest BCUT2D eigenvalue weighted by molar-refractivity contribution is -0.00631. The second-order valence-corrected chi connectivity index (χ2v) is 11.7. The summed E-state index contributed by atoms with van der Waals surface area (Å²) >= 11 is 1.63. The van der Waals surface area contributed by atoms with E-state index >= 15 is 0 Å². The van der Waals surface area contributed by atoms with Gasteiger partial charge in [-0.05, 0) is 58.9 Å². The van der Waals surface area contributed by atoms with Crippen molar-refractivity contribution >= 4 is 33.3 Å². The predicted molar refractivity (Wildman–Crippen MR) is 143 cm³/mol. The Bertz CT molecular complexity index is 1230. The van der Waals surface area contributed by atoms with Crippen molar-refractivity contribution < 1.29 is 14.6 Å². The van der Waals surface area contributed by atoms with Crippen LogP contribution in [0.25, 0.3) is 20.8 Å². The highest BCUT2D eigenvalue weighted by atomic mass is 32.1. The number of nitrogens with one attached hydrogen (secondary N) is 2. The van der Waals surface area contributed by atoms with Crippen LogP contribution < -0.4 is 10.6 Å². The van der Waals surface area contributed by atoms with Gasteiger partial charge in [-0.2, -0.15) is 4.98 Å². The van der Waals surface area contributed by atoms with Gasteiger partial charge in [0.2, 0.25) is 5.95 Å². The summed E-state index contributed by atoms with van der Waals surface area (Å²) < 4.78 is 12.4. The third-order valence-electron chi connectivity index (χ3n) is 7.64. The molecular weight excluding hydrogens is 476 g/mol. The van der Waals surface area contributed by atoms with Gasteiger partial charge in [0.25, 0.3) is 0 Å². The summed E-state index contributed by atoms with van der Waals surface area (Å²) in [7, 11) is 1.72. The van der Waals surface area contributed by atoms with Gasteiger partial charge in [-0.1, -0.05) is 0 Å². The first-order valence-electron chi connectivity index (χ1n) is 12.6. The zero-order chi connectivity index (χ0) is 25.5. The minimum atomic E-state index is -0.692. The van der Waals surface area contributed by atoms with Crippen LogP contribution in [0.1, 0.15) is 50.9 Å². The van der Waals surface area contributed by atoms with Crippen LogP contribution >= 0.6 is 11.3 Å². The molecule has 3 aromatic rings. The van der Waals surface area contributed by atoms with Crippen LogP contribution in [0, 0.1) is 19.8 Å². The van der Waals surface area contributed by atoms with E-state index in [4.69, 9.17) is 24.4 Å². The van der Waals surface area contributed by atoms with Crippen LogP contribution in [-0.2, 0) is 9.47 Å². The number of hydrogen-bond acceptors (Lipinski definition) is 10. The number of aromatic nitrogens is 4. The molecule has 0 amide bonds. The average molecular weight is 513 g/mol. The molecule has 1 saturated carbocycles. The number of nitrogens with zero attached hydrogens (tertiary/aromatic N) is 4. The molecule has 0 bridgehead atoms. The van der Waals surface area contributed by atoms with Crippen molar-refractivity contribution in [1.82, 2.24) is 19.9 Å². The number of pyridine rings is 1. The number of ether oxygens (including phenoxy) is 2. The Morgan fingerprint density at radius 2 is 2.06 bits per heavy atom. The molecule has 1 aliphatic heterocycles. The number of anilines is 2. The highest BCUT2D eigenvalue weighted by molar-refractivity contribution is 7.21. The second-order valence-electron chi connectivity index (χ2n) is 10.7. The summed E-state index contributed by atoms with van der Waals surface area (Å²) in [6, 6.07) is 2.22. The van der Waals surface area contributed by atoms with E-state index in [-0.39, 0.29) is 17.6 Å². The number of methoxy groups -OCH3 is 1. The molecule has 4 heterocycles. The molecule has 1 aliphatic carbocycles. The highest BCUT2D eigenvalue weighted by Gasteiger charge is 2.36. The van der Waals surface area contributed by atoms with Crippen molar-refractivity contribution in [3.63, 3.8) is 0 Å². The maximum atomic E-state index is 10.6. The highest BCUT2D eigenvalue weighted by Crippen LogP contribution is 2.40. The Morgan fingerprint density at radius 1 is 1.22 bits per heavy atom. The van der Waals surface area contributed by atoms with Crippen molar-refractivity contribution in [2.45, 2.75) is 70.6 Å². The summed E-state index contributed by atoms with van der Waals surface area (Å²) in [5.41, 5.74) is 2.53. The fourth-order valence-electron chi connectivity index (χ4n) is 5.25. The Balaban J connectivity index is 1.48. The first-order valence-corrected chi connectivity index (χ1v) is 13.5. The van der Waals surface area contributed by atoms with E-state index in [2.05, 4.69) is 15.6 Å². The topological polar surface area (TPSA) is 114 Å². The lowest BCUT2D eigenvalue weighted by Gasteiger charge is -2.27. The molecule has 3 aromatic heterocycles. The summed E-state index contributed by atoms with van der Waals surface area (Å²) in [6.45, 7) is 9.60. The molecule has 36 heavy (non-hydrogen) atoms. The summed E-state index contributed by atoms with van der Waals surface area (Å²) in [4.78, 5) is 19.1. The van der Waals surface area contributed by atoms with Crippen molar-refractivity contribution in [2.75, 3.05) is 37.5 Å². The summed E-state index contributed by atoms with van der Waals surface area (Å²) in [5.74, 6) is 1.57. The fourth-order valence-corrected chi connectivity index (χ4v) is 6.36. The normalized spacial score (nSPS) is 24.5. The fraction of sp³-hybridized carbons (Fsp3) is 0.615. The number of aliphatic hydroxyl groups is 1. The lowest BCUT2D eigenvalue weighted by Crippen LogP contribution is -2.40. The van der Waals surface area contributed by atoms with Crippen LogP contribution in [0.15, 0.2) is 12.3 Å². The molecule has 2 aliphatic rings. The monoisotopic (exact) mass is 512 g/mol. The largest absolute Gasteiger partial charge is 0.390 e. The molecule has 2 fully saturated rings. The standard InChI is InChI=1S/C26H36N6O3S/c1-15-20(23-31-21-16(2)27-10-8-19(21)36-23)22(30-18-7-6-17(12-18)25(3,4)33)32-24(29-15)28-13-26(34-5)9-11-35-14-26/h8,10,17-18,33H,6-7,9,11-14H2,1-5H3,(H2,28,29,30,32). The number of aryl methyl sites for hydroxylation is 2. The molecule has 10 heteroatoms. The third kappa shape index (κ3) is 5.04. The van der Waals surface area contributed by atoms with Gasteiger partial charge in [0.15, 0.2) is 0 Å². The molecule has 0 aromatic carbocycles. The van der Waals surface area contributed by atoms with Gasteiger partial charge in [0.1, 0.15) is 21.9 Å². The van der Waals surface area contributed by atoms with Crippen molar-refractivity contribution in [1.29, 1.82) is 0 Å². The molecule has 3 N–H and O–H groups in total. The van der Waals surface area contributed by atoms with Crippen molar-refractivity contribution in [2.24, 2.45) is 5.92 Å². The zero-order valence-electron chi connectivity index (χ0n) is 21.7. The zero-order valence-corrected chi connectivity index (χ0v) is 22.5. The van der Waals surface area contributed by atoms with E-state index in [1.165, 1.54) is 0 Å². The van der Waals surface area contributed by atoms with E-state index in [0.717, 1.165) is 63.7 Å². The van der Waals surface area contributed by atoms with E-state index in [9.17, 15) is 5.11 Å². The van der Waals surface area contributed by atoms with Gasteiger partial charge in [-0.15, -0.1) is 11.3 Å². The molecule has 0 radical (unpaired) electrons. The molecule has 0 spiro atoms. The maximum Gasteiger partial charge on any atom is 0.225 e. The van der Waals surface area contributed by atoms with Gasteiger partial charge in [0.05, 0.1) is 33.9 Å². The van der Waals surface area contributed by atoms with Crippen molar-refractivity contribution in [3.05, 3.63) is 23.7 Å². The van der Waals surface area contributed by atoms with Gasteiger partial charge in [0, 0.05) is 38.9 Å². The Morgan fingerprint density at radius 3 is 2.72 bits per heavy atom. The number of thiazole rings is 1. The first-order chi connectivity index (χ1) is 17.2. The minimum Gasteiger partial charge on any atom is -0.390 e. The van der Waals surface area contributed by atoms with Crippen LogP contribution in [0.2, 0.25) is 0 Å². The van der Waals surface area contributed by atoms with Crippen molar-refractivity contribution in [3.8, 4) is 10.6 Å². The van der Waals surface area contributed by atoms with E-state index in [1.807, 2.05) is 40.0 Å². The van der Waals surface area contributed by atoms with E-state index < -0.39 is 5.60 Å². The third-order valence-corrected chi connectivity index (χ3v) is 8.67. The average Bonchev–Trinajstić information content (AvgIpc) is 3.58. The second kappa shape index (κ2) is 9.81. The van der Waals surface area contributed by atoms with E-state index in [1.54, 1.807) is 18.4 Å². The van der Waals surface area contributed by atoms with Gasteiger partial charge >= 0.3 is 0 Å². The Kier molecular flexibility index (Phi) is 6.88. The number of hydrogen-bond donors (Lipinski definition) is 3. The molecule has 1 saturated heterocycles. The van der Waals surface area contributed by atoms with Gasteiger partial charge in [-0.25, -0.2) is 9.97 Å². The molecule has 5 rings (SSSR count). The van der Waals surface area contributed by atoms with E-state index in [0.29, 0.717) is 25.7 Å². The number of fused-ring (bicyclic) bond motifs is 1. The van der Waals surface area contributed by atoms with Crippen LogP contribution in [0.3, 0.4) is 0 Å². The Hall–Kier alpha value is -2.40. The van der Waals surface area contributed by atoms with Crippen LogP contribution in [0.4, 0.5) is 11.8 Å². The molecule has 9 nitrogen and oxygen atoms in total. The summed E-state index contributed by atoms with van der Waals surface area (Å²) in [5, 5.41) is 18.5. The molecule has 3 unspecified atom stereocenters. The smallest absolute Gasteiger partial charge is 0.225 e. The van der Waals surface area contributed by atoms with Crippen LogP contribution in [0.5, 0.6) is 0 Å². The first kappa shape index (κ1) is 25.3. The SMILES string of the molecule is COC1(CNc2nc(C)c(-c3nc4c(C)nccc4s3)c(NC3CCC(C(C)(C)O)C3)n2)CCOC1. The Labute approximate surface area is 216 Å².